The van der Waals surface area contributed by atoms with Crippen LogP contribution in [0.15, 0.2) is 42.2 Å². The second-order valence-electron chi connectivity index (χ2n) is 4.82. The van der Waals surface area contributed by atoms with Gasteiger partial charge in [-0.05, 0) is 25.0 Å². The van der Waals surface area contributed by atoms with Gasteiger partial charge in [0.2, 0.25) is 0 Å². The number of guanidine groups is 1. The van der Waals surface area contributed by atoms with Crippen molar-refractivity contribution in [3.63, 3.8) is 0 Å². The first-order valence-electron chi connectivity index (χ1n) is 7.40. The minimum Gasteiger partial charge on any atom is -0.354 e. The number of hydrogen-bond acceptors (Lipinski definition) is 3. The van der Waals surface area contributed by atoms with Crippen molar-refractivity contribution < 1.29 is 4.79 Å². The molecule has 0 aliphatic rings. The highest BCUT2D eigenvalue weighted by atomic mass is 16.1. The van der Waals surface area contributed by atoms with Gasteiger partial charge in [-0.2, -0.15) is 0 Å². The van der Waals surface area contributed by atoms with E-state index in [0.29, 0.717) is 18.7 Å². The second kappa shape index (κ2) is 10.4. The predicted octanol–water partition coefficient (Wildman–Crippen LogP) is 1.28. The Morgan fingerprint density at radius 2 is 2.23 bits per heavy atom. The number of allylic oxidation sites excluding steroid dienone is 1. The molecular formula is C16H25N5O. The molecule has 6 heteroatoms. The molecule has 0 atom stereocenters. The summed E-state index contributed by atoms with van der Waals surface area (Å²) in [5, 5.41) is 6.06. The summed E-state index contributed by atoms with van der Waals surface area (Å²) in [4.78, 5) is 22.0. The molecule has 6 nitrogen and oxygen atoms in total. The van der Waals surface area contributed by atoms with Crippen LogP contribution in [0, 0.1) is 0 Å². The molecular weight excluding hydrogens is 278 g/mol. The van der Waals surface area contributed by atoms with Crippen LogP contribution in [0.5, 0.6) is 0 Å². The maximum absolute atomic E-state index is 11.8. The standard InChI is InChI=1S/C16H25N5O/c1-4-5-6-12-21(3)16(17-2)20-11-10-19-15(22)14-8-7-9-18-13-14/h4,7-9,13H,1,5-6,10-12H2,2-3H3,(H,17,20)(H,19,22). The smallest absolute Gasteiger partial charge is 0.252 e. The Morgan fingerprint density at radius 3 is 2.86 bits per heavy atom. The SMILES string of the molecule is C=CCCCN(C)C(=NC)NCCNC(=O)c1cccnc1. The number of carbonyl (C=O) groups is 1. The largest absolute Gasteiger partial charge is 0.354 e. The van der Waals surface area contributed by atoms with Crippen molar-refractivity contribution in [1.29, 1.82) is 0 Å². The van der Waals surface area contributed by atoms with E-state index in [-0.39, 0.29) is 5.91 Å². The molecule has 1 aromatic heterocycles. The van der Waals surface area contributed by atoms with Gasteiger partial charge in [0.1, 0.15) is 0 Å². The van der Waals surface area contributed by atoms with E-state index in [1.165, 1.54) is 0 Å². The fraction of sp³-hybridized carbons (Fsp3) is 0.438. The molecule has 0 aromatic carbocycles. The number of hydrogen-bond donors (Lipinski definition) is 2. The number of nitrogens with one attached hydrogen (secondary N) is 2. The van der Waals surface area contributed by atoms with Gasteiger partial charge in [-0.3, -0.25) is 14.8 Å². The van der Waals surface area contributed by atoms with Crippen LogP contribution in [0.2, 0.25) is 0 Å². The van der Waals surface area contributed by atoms with E-state index in [9.17, 15) is 4.79 Å². The first kappa shape index (κ1) is 17.7. The Bertz CT molecular complexity index is 487. The zero-order valence-corrected chi connectivity index (χ0v) is 13.4. The molecule has 0 saturated heterocycles. The third-order valence-corrected chi connectivity index (χ3v) is 3.09. The maximum atomic E-state index is 11.8. The number of aliphatic imine (C=N–C) groups is 1. The van der Waals surface area contributed by atoms with Gasteiger partial charge in [0, 0.05) is 46.1 Å². The van der Waals surface area contributed by atoms with Crippen LogP contribution < -0.4 is 10.6 Å². The van der Waals surface area contributed by atoms with Crippen LogP contribution in [-0.4, -0.2) is 55.5 Å². The van der Waals surface area contributed by atoms with E-state index in [2.05, 4.69) is 32.1 Å². The Labute approximate surface area is 132 Å². The Kier molecular flexibility index (Phi) is 8.33. The molecule has 1 heterocycles. The summed E-state index contributed by atoms with van der Waals surface area (Å²) in [5.74, 6) is 0.698. The van der Waals surface area contributed by atoms with Crippen molar-refractivity contribution in [2.75, 3.05) is 33.7 Å². The van der Waals surface area contributed by atoms with Gasteiger partial charge in [0.25, 0.3) is 5.91 Å². The van der Waals surface area contributed by atoms with Gasteiger partial charge in [-0.15, -0.1) is 6.58 Å². The zero-order chi connectivity index (χ0) is 16.2. The minimum atomic E-state index is -0.121. The van der Waals surface area contributed by atoms with Gasteiger partial charge >= 0.3 is 0 Å². The molecule has 1 aromatic rings. The number of rotatable bonds is 8. The highest BCUT2D eigenvalue weighted by Gasteiger charge is 2.06. The average molecular weight is 303 g/mol. The highest BCUT2D eigenvalue weighted by Crippen LogP contribution is 1.95. The van der Waals surface area contributed by atoms with Crippen LogP contribution in [0.4, 0.5) is 0 Å². The first-order chi connectivity index (χ1) is 10.7. The number of carbonyl (C=O) groups excluding carboxylic acids is 1. The van der Waals surface area contributed by atoms with Gasteiger partial charge in [0.05, 0.1) is 5.56 Å². The summed E-state index contributed by atoms with van der Waals surface area (Å²) in [7, 11) is 3.74. The van der Waals surface area contributed by atoms with Crippen molar-refractivity contribution in [3.05, 3.63) is 42.7 Å². The predicted molar refractivity (Wildman–Crippen MR) is 90.0 cm³/mol. The second-order valence-corrected chi connectivity index (χ2v) is 4.82. The fourth-order valence-electron chi connectivity index (χ4n) is 1.91. The van der Waals surface area contributed by atoms with Crippen LogP contribution in [0.25, 0.3) is 0 Å². The molecule has 120 valence electrons. The molecule has 22 heavy (non-hydrogen) atoms. The first-order valence-corrected chi connectivity index (χ1v) is 7.40. The number of nitrogens with zero attached hydrogens (tertiary/aromatic N) is 3. The van der Waals surface area contributed by atoms with E-state index in [0.717, 1.165) is 25.3 Å². The minimum absolute atomic E-state index is 0.121. The lowest BCUT2D eigenvalue weighted by atomic mass is 10.3. The van der Waals surface area contributed by atoms with E-state index >= 15 is 0 Å². The molecule has 0 aliphatic heterocycles. The molecule has 1 amide bonds. The molecule has 0 saturated carbocycles. The lowest BCUT2D eigenvalue weighted by Crippen LogP contribution is -2.42. The molecule has 0 fully saturated rings. The number of pyridine rings is 1. The van der Waals surface area contributed by atoms with Crippen molar-refractivity contribution in [3.8, 4) is 0 Å². The van der Waals surface area contributed by atoms with Crippen LogP contribution >= 0.6 is 0 Å². The number of amides is 1. The van der Waals surface area contributed by atoms with Crippen molar-refractivity contribution in [2.24, 2.45) is 4.99 Å². The number of aromatic nitrogens is 1. The van der Waals surface area contributed by atoms with Gasteiger partial charge in [0.15, 0.2) is 5.96 Å². The average Bonchev–Trinajstić information content (AvgIpc) is 2.55. The van der Waals surface area contributed by atoms with E-state index < -0.39 is 0 Å². The molecule has 2 N–H and O–H groups in total. The van der Waals surface area contributed by atoms with Crippen LogP contribution in [0.1, 0.15) is 23.2 Å². The van der Waals surface area contributed by atoms with Crippen molar-refractivity contribution >= 4 is 11.9 Å². The van der Waals surface area contributed by atoms with Gasteiger partial charge in [-0.25, -0.2) is 0 Å². The van der Waals surface area contributed by atoms with E-state index in [1.807, 2.05) is 13.1 Å². The van der Waals surface area contributed by atoms with Crippen LogP contribution in [0.3, 0.4) is 0 Å². The third kappa shape index (κ3) is 6.39. The van der Waals surface area contributed by atoms with Crippen LogP contribution in [-0.2, 0) is 0 Å². The van der Waals surface area contributed by atoms with E-state index in [1.54, 1.807) is 31.6 Å². The molecule has 1 rings (SSSR count). The topological polar surface area (TPSA) is 69.6 Å². The van der Waals surface area contributed by atoms with Crippen molar-refractivity contribution in [2.45, 2.75) is 12.8 Å². The van der Waals surface area contributed by atoms with Crippen molar-refractivity contribution in [1.82, 2.24) is 20.5 Å². The quantitative estimate of drug-likeness (QED) is 0.328. The summed E-state index contributed by atoms with van der Waals surface area (Å²) in [6.07, 6.45) is 7.14. The lowest BCUT2D eigenvalue weighted by Gasteiger charge is -2.21. The summed E-state index contributed by atoms with van der Waals surface area (Å²) in [6.45, 7) is 5.76. The molecule has 0 spiro atoms. The fourth-order valence-corrected chi connectivity index (χ4v) is 1.91. The Morgan fingerprint density at radius 1 is 1.45 bits per heavy atom. The lowest BCUT2D eigenvalue weighted by molar-refractivity contribution is 0.0954. The Hall–Kier alpha value is -2.37. The van der Waals surface area contributed by atoms with E-state index in [4.69, 9.17) is 0 Å². The normalized spacial score (nSPS) is 10.9. The third-order valence-electron chi connectivity index (χ3n) is 3.09. The Balaban J connectivity index is 2.27. The molecule has 0 aliphatic carbocycles. The molecule has 0 unspecified atom stereocenters. The molecule has 0 radical (unpaired) electrons. The zero-order valence-electron chi connectivity index (χ0n) is 13.4. The van der Waals surface area contributed by atoms with Gasteiger partial charge in [-0.1, -0.05) is 6.08 Å². The summed E-state index contributed by atoms with van der Waals surface area (Å²) >= 11 is 0. The molecule has 0 bridgehead atoms. The summed E-state index contributed by atoms with van der Waals surface area (Å²) in [5.41, 5.74) is 0.563. The number of unbranched alkanes of at least 4 members (excludes halogenated alkanes) is 1. The highest BCUT2D eigenvalue weighted by molar-refractivity contribution is 5.93. The summed E-state index contributed by atoms with van der Waals surface area (Å²) < 4.78 is 0. The monoisotopic (exact) mass is 303 g/mol. The van der Waals surface area contributed by atoms with Gasteiger partial charge < -0.3 is 15.5 Å². The maximum Gasteiger partial charge on any atom is 0.252 e. The summed E-state index contributed by atoms with van der Waals surface area (Å²) in [6, 6.07) is 3.48.